The monoisotopic (exact) mass is 352 g/mol. The molecule has 1 aliphatic heterocycles. The summed E-state index contributed by atoms with van der Waals surface area (Å²) in [7, 11) is 0. The van der Waals surface area contributed by atoms with Crippen LogP contribution in [-0.4, -0.2) is 36.4 Å². The molecule has 0 atom stereocenters. The van der Waals surface area contributed by atoms with E-state index in [9.17, 15) is 9.59 Å². The molecule has 5 nitrogen and oxygen atoms in total. The maximum atomic E-state index is 12.4. The number of hydrogen-bond acceptors (Lipinski definition) is 3. The fraction of sp³-hybridized carbons (Fsp3) is 0.333. The summed E-state index contributed by atoms with van der Waals surface area (Å²) in [6.45, 7) is 3.59. The Hall–Kier alpha value is -2.82. The van der Waals surface area contributed by atoms with Gasteiger partial charge in [-0.15, -0.1) is 0 Å². The highest BCUT2D eigenvalue weighted by atomic mass is 16.5. The molecule has 1 heterocycles. The first-order valence-electron chi connectivity index (χ1n) is 9.00. The van der Waals surface area contributed by atoms with E-state index in [1.807, 2.05) is 36.1 Å². The van der Waals surface area contributed by atoms with Crippen molar-refractivity contribution in [3.8, 4) is 5.75 Å². The Morgan fingerprint density at radius 3 is 2.27 bits per heavy atom. The zero-order valence-electron chi connectivity index (χ0n) is 15.0. The molecular formula is C21H24N2O3. The van der Waals surface area contributed by atoms with Gasteiger partial charge in [0.2, 0.25) is 0 Å². The molecule has 0 radical (unpaired) electrons. The molecule has 0 aliphatic carbocycles. The highest BCUT2D eigenvalue weighted by molar-refractivity contribution is 5.96. The van der Waals surface area contributed by atoms with Gasteiger partial charge >= 0.3 is 0 Å². The van der Waals surface area contributed by atoms with E-state index in [0.717, 1.165) is 31.5 Å². The first-order valence-corrected chi connectivity index (χ1v) is 9.00. The minimum Gasteiger partial charge on any atom is -0.484 e. The SMILES string of the molecule is Cc1ccc(OCC(=O)Nc2ccc(C(=O)N3CCCCC3)cc2)cc1. The van der Waals surface area contributed by atoms with Gasteiger partial charge in [0.1, 0.15) is 5.75 Å². The van der Waals surface area contributed by atoms with Crippen LogP contribution in [0, 0.1) is 6.92 Å². The Kier molecular flexibility index (Phi) is 5.89. The topological polar surface area (TPSA) is 58.6 Å². The van der Waals surface area contributed by atoms with Crippen LogP contribution in [0.3, 0.4) is 0 Å². The quantitative estimate of drug-likeness (QED) is 0.894. The molecule has 2 amide bonds. The normalized spacial score (nSPS) is 14.0. The van der Waals surface area contributed by atoms with Crippen LogP contribution in [0.1, 0.15) is 35.2 Å². The van der Waals surface area contributed by atoms with Crippen molar-refractivity contribution in [3.63, 3.8) is 0 Å². The maximum absolute atomic E-state index is 12.4. The summed E-state index contributed by atoms with van der Waals surface area (Å²) in [5.41, 5.74) is 2.44. The lowest BCUT2D eigenvalue weighted by molar-refractivity contribution is -0.118. The number of ether oxygens (including phenoxy) is 1. The minimum atomic E-state index is -0.235. The predicted octanol–water partition coefficient (Wildman–Crippen LogP) is 3.64. The average Bonchev–Trinajstić information content (AvgIpc) is 2.68. The van der Waals surface area contributed by atoms with Crippen molar-refractivity contribution in [2.45, 2.75) is 26.2 Å². The van der Waals surface area contributed by atoms with E-state index in [2.05, 4.69) is 5.32 Å². The van der Waals surface area contributed by atoms with Crippen LogP contribution in [-0.2, 0) is 4.79 Å². The van der Waals surface area contributed by atoms with Gasteiger partial charge < -0.3 is 15.0 Å². The van der Waals surface area contributed by atoms with Crippen LogP contribution in [0.25, 0.3) is 0 Å². The molecule has 1 fully saturated rings. The Balaban J connectivity index is 1.50. The molecule has 5 heteroatoms. The smallest absolute Gasteiger partial charge is 0.262 e. The van der Waals surface area contributed by atoms with Crippen molar-refractivity contribution in [3.05, 3.63) is 59.7 Å². The second-order valence-corrected chi connectivity index (χ2v) is 6.58. The van der Waals surface area contributed by atoms with Gasteiger partial charge in [-0.2, -0.15) is 0 Å². The third kappa shape index (κ3) is 4.85. The number of anilines is 1. The zero-order valence-corrected chi connectivity index (χ0v) is 15.0. The van der Waals surface area contributed by atoms with Gasteiger partial charge in [-0.25, -0.2) is 0 Å². The third-order valence-corrected chi connectivity index (χ3v) is 4.45. The standard InChI is InChI=1S/C21H24N2O3/c1-16-5-11-19(12-6-16)26-15-20(24)22-18-9-7-17(8-10-18)21(25)23-13-3-2-4-14-23/h5-12H,2-4,13-15H2,1H3,(H,22,24). The number of piperidine rings is 1. The van der Waals surface area contributed by atoms with E-state index in [0.29, 0.717) is 17.0 Å². The molecule has 26 heavy (non-hydrogen) atoms. The van der Waals surface area contributed by atoms with Gasteiger partial charge in [0, 0.05) is 24.3 Å². The summed E-state index contributed by atoms with van der Waals surface area (Å²) >= 11 is 0. The zero-order chi connectivity index (χ0) is 18.4. The second-order valence-electron chi connectivity index (χ2n) is 6.58. The number of rotatable bonds is 5. The number of nitrogens with zero attached hydrogens (tertiary/aromatic N) is 1. The predicted molar refractivity (Wildman–Crippen MR) is 102 cm³/mol. The fourth-order valence-corrected chi connectivity index (χ4v) is 2.96. The number of benzene rings is 2. The third-order valence-electron chi connectivity index (χ3n) is 4.45. The van der Waals surface area contributed by atoms with Crippen LogP contribution in [0.2, 0.25) is 0 Å². The van der Waals surface area contributed by atoms with E-state index in [-0.39, 0.29) is 18.4 Å². The Morgan fingerprint density at radius 2 is 1.62 bits per heavy atom. The summed E-state index contributed by atoms with van der Waals surface area (Å²) < 4.78 is 5.46. The van der Waals surface area contributed by atoms with Crippen LogP contribution in [0.5, 0.6) is 5.75 Å². The molecule has 3 rings (SSSR count). The van der Waals surface area contributed by atoms with E-state index in [1.165, 1.54) is 6.42 Å². The van der Waals surface area contributed by atoms with Gasteiger partial charge in [0.15, 0.2) is 6.61 Å². The molecular weight excluding hydrogens is 328 g/mol. The number of carbonyl (C=O) groups excluding carboxylic acids is 2. The van der Waals surface area contributed by atoms with Crippen LogP contribution in [0.4, 0.5) is 5.69 Å². The summed E-state index contributed by atoms with van der Waals surface area (Å²) in [5.74, 6) is 0.485. The Labute approximate surface area is 154 Å². The maximum Gasteiger partial charge on any atom is 0.262 e. The Bertz CT molecular complexity index is 748. The minimum absolute atomic E-state index is 0.0580. The number of aryl methyl sites for hydroxylation is 1. The van der Waals surface area contributed by atoms with Crippen LogP contribution >= 0.6 is 0 Å². The summed E-state index contributed by atoms with van der Waals surface area (Å²) in [5, 5.41) is 2.78. The van der Waals surface area contributed by atoms with Crippen molar-refractivity contribution >= 4 is 17.5 Å². The largest absolute Gasteiger partial charge is 0.484 e. The number of carbonyl (C=O) groups is 2. The van der Waals surface area contributed by atoms with Gasteiger partial charge in [0.05, 0.1) is 0 Å². The van der Waals surface area contributed by atoms with Crippen molar-refractivity contribution in [1.82, 2.24) is 4.90 Å². The van der Waals surface area contributed by atoms with Gasteiger partial charge in [-0.05, 0) is 62.6 Å². The van der Waals surface area contributed by atoms with Crippen molar-refractivity contribution in [2.75, 3.05) is 25.0 Å². The summed E-state index contributed by atoms with van der Waals surface area (Å²) in [6.07, 6.45) is 3.33. The van der Waals surface area contributed by atoms with Crippen LogP contribution < -0.4 is 10.1 Å². The highest BCUT2D eigenvalue weighted by Crippen LogP contribution is 2.16. The average molecular weight is 352 g/mol. The van der Waals surface area contributed by atoms with Gasteiger partial charge in [-0.3, -0.25) is 9.59 Å². The number of hydrogen-bond donors (Lipinski definition) is 1. The molecule has 0 aromatic heterocycles. The molecule has 0 saturated carbocycles. The lowest BCUT2D eigenvalue weighted by Crippen LogP contribution is -2.35. The molecule has 0 unspecified atom stereocenters. The van der Waals surface area contributed by atoms with Crippen molar-refractivity contribution in [1.29, 1.82) is 0 Å². The van der Waals surface area contributed by atoms with Crippen molar-refractivity contribution < 1.29 is 14.3 Å². The molecule has 0 bridgehead atoms. The first kappa shape index (κ1) is 18.0. The molecule has 136 valence electrons. The summed E-state index contributed by atoms with van der Waals surface area (Å²) in [6, 6.07) is 14.6. The lowest BCUT2D eigenvalue weighted by Gasteiger charge is -2.26. The fourth-order valence-electron chi connectivity index (χ4n) is 2.96. The lowest BCUT2D eigenvalue weighted by atomic mass is 10.1. The van der Waals surface area contributed by atoms with Gasteiger partial charge in [-0.1, -0.05) is 17.7 Å². The highest BCUT2D eigenvalue weighted by Gasteiger charge is 2.18. The first-order chi connectivity index (χ1) is 12.6. The van der Waals surface area contributed by atoms with E-state index in [1.54, 1.807) is 24.3 Å². The van der Waals surface area contributed by atoms with Crippen LogP contribution in [0.15, 0.2) is 48.5 Å². The van der Waals surface area contributed by atoms with Gasteiger partial charge in [0.25, 0.3) is 11.8 Å². The summed E-state index contributed by atoms with van der Waals surface area (Å²) in [4.78, 5) is 26.3. The van der Waals surface area contributed by atoms with E-state index < -0.39 is 0 Å². The van der Waals surface area contributed by atoms with E-state index in [4.69, 9.17) is 4.74 Å². The molecule has 1 aliphatic rings. The number of amides is 2. The molecule has 1 N–H and O–H groups in total. The molecule has 0 spiro atoms. The number of likely N-dealkylation sites (tertiary alicyclic amines) is 1. The Morgan fingerprint density at radius 1 is 0.962 bits per heavy atom. The molecule has 2 aromatic rings. The molecule has 1 saturated heterocycles. The van der Waals surface area contributed by atoms with Crippen molar-refractivity contribution in [2.24, 2.45) is 0 Å². The number of nitrogens with one attached hydrogen (secondary N) is 1. The molecule has 2 aromatic carbocycles. The second kappa shape index (κ2) is 8.52. The van der Waals surface area contributed by atoms with E-state index >= 15 is 0 Å².